The molecule has 2 aliphatic rings. The van der Waals surface area contributed by atoms with Crippen LogP contribution >= 0.6 is 0 Å². The predicted molar refractivity (Wildman–Crippen MR) is 92.9 cm³/mol. The summed E-state index contributed by atoms with van der Waals surface area (Å²) in [6.07, 6.45) is 9.55. The van der Waals surface area contributed by atoms with Crippen LogP contribution in [0.1, 0.15) is 38.5 Å². The highest BCUT2D eigenvalue weighted by Gasteiger charge is 2.13. The molecule has 1 saturated carbocycles. The lowest BCUT2D eigenvalue weighted by atomic mass is 10.1. The molecule has 1 aromatic heterocycles. The van der Waals surface area contributed by atoms with E-state index in [2.05, 4.69) is 25.5 Å². The third kappa shape index (κ3) is 5.62. The van der Waals surface area contributed by atoms with Gasteiger partial charge in [0.15, 0.2) is 0 Å². The summed E-state index contributed by atoms with van der Waals surface area (Å²) in [4.78, 5) is 11.1. The van der Waals surface area contributed by atoms with Gasteiger partial charge in [0.2, 0.25) is 0 Å². The monoisotopic (exact) mass is 319 g/mol. The minimum absolute atomic E-state index is 0.564. The van der Waals surface area contributed by atoms with Crippen molar-refractivity contribution in [3.8, 4) is 0 Å². The maximum absolute atomic E-state index is 5.37. The van der Waals surface area contributed by atoms with Gasteiger partial charge in [0, 0.05) is 38.3 Å². The van der Waals surface area contributed by atoms with Crippen molar-refractivity contribution < 1.29 is 4.74 Å². The van der Waals surface area contributed by atoms with E-state index >= 15 is 0 Å². The molecular weight excluding hydrogens is 290 g/mol. The van der Waals surface area contributed by atoms with Crippen LogP contribution < -0.4 is 10.6 Å². The molecule has 0 bridgehead atoms. The first kappa shape index (κ1) is 16.5. The van der Waals surface area contributed by atoms with Crippen LogP contribution in [0, 0.1) is 0 Å². The molecule has 1 aliphatic carbocycles. The SMILES string of the molecule is c1nc(NCCN2CCOCC2)cc(NC2CCCCCC2)n1. The molecule has 2 N–H and O–H groups in total. The summed E-state index contributed by atoms with van der Waals surface area (Å²) in [5.41, 5.74) is 0. The number of aromatic nitrogens is 2. The Kier molecular flexibility index (Phi) is 6.46. The molecule has 6 heteroatoms. The summed E-state index contributed by atoms with van der Waals surface area (Å²) >= 11 is 0. The molecule has 1 aromatic rings. The van der Waals surface area contributed by atoms with E-state index in [9.17, 15) is 0 Å². The van der Waals surface area contributed by atoms with E-state index in [-0.39, 0.29) is 0 Å². The Morgan fingerprint density at radius 3 is 2.57 bits per heavy atom. The Labute approximate surface area is 139 Å². The maximum Gasteiger partial charge on any atom is 0.131 e. The largest absolute Gasteiger partial charge is 0.379 e. The van der Waals surface area contributed by atoms with Crippen LogP contribution in [0.3, 0.4) is 0 Å². The zero-order chi connectivity index (χ0) is 15.7. The predicted octanol–water partition coefficient (Wildman–Crippen LogP) is 2.36. The fraction of sp³-hybridized carbons (Fsp3) is 0.765. The zero-order valence-electron chi connectivity index (χ0n) is 14.0. The zero-order valence-corrected chi connectivity index (χ0v) is 14.0. The second kappa shape index (κ2) is 9.03. The summed E-state index contributed by atoms with van der Waals surface area (Å²) in [5, 5.41) is 6.99. The first-order valence-electron chi connectivity index (χ1n) is 9.03. The third-order valence-electron chi connectivity index (χ3n) is 4.71. The molecule has 0 amide bonds. The number of hydrogen-bond donors (Lipinski definition) is 2. The number of rotatable bonds is 6. The fourth-order valence-corrected chi connectivity index (χ4v) is 3.33. The maximum atomic E-state index is 5.37. The average molecular weight is 319 g/mol. The molecular formula is C17H29N5O. The van der Waals surface area contributed by atoms with E-state index in [4.69, 9.17) is 4.74 Å². The van der Waals surface area contributed by atoms with Crippen molar-refractivity contribution >= 4 is 11.6 Å². The van der Waals surface area contributed by atoms with Gasteiger partial charge in [-0.15, -0.1) is 0 Å². The van der Waals surface area contributed by atoms with Crippen LogP contribution in [0.5, 0.6) is 0 Å². The summed E-state index contributed by atoms with van der Waals surface area (Å²) in [6.45, 7) is 5.68. The molecule has 1 aliphatic heterocycles. The van der Waals surface area contributed by atoms with Crippen molar-refractivity contribution in [2.75, 3.05) is 50.0 Å². The van der Waals surface area contributed by atoms with Gasteiger partial charge in [-0.1, -0.05) is 25.7 Å². The molecule has 0 spiro atoms. The van der Waals surface area contributed by atoms with E-state index in [0.29, 0.717) is 6.04 Å². The molecule has 0 radical (unpaired) electrons. The second-order valence-corrected chi connectivity index (χ2v) is 6.50. The second-order valence-electron chi connectivity index (χ2n) is 6.50. The van der Waals surface area contributed by atoms with Crippen LogP contribution in [0.4, 0.5) is 11.6 Å². The highest BCUT2D eigenvalue weighted by molar-refractivity contribution is 5.46. The third-order valence-corrected chi connectivity index (χ3v) is 4.71. The van der Waals surface area contributed by atoms with Gasteiger partial charge in [-0.05, 0) is 12.8 Å². The average Bonchev–Trinajstić information content (AvgIpc) is 2.85. The van der Waals surface area contributed by atoms with Crippen molar-refractivity contribution in [1.82, 2.24) is 14.9 Å². The summed E-state index contributed by atoms with van der Waals surface area (Å²) in [5.74, 6) is 1.85. The number of nitrogens with one attached hydrogen (secondary N) is 2. The lowest BCUT2D eigenvalue weighted by molar-refractivity contribution is 0.0398. The van der Waals surface area contributed by atoms with Crippen LogP contribution in [-0.2, 0) is 4.74 Å². The van der Waals surface area contributed by atoms with Gasteiger partial charge in [-0.3, -0.25) is 4.90 Å². The molecule has 128 valence electrons. The smallest absolute Gasteiger partial charge is 0.131 e. The van der Waals surface area contributed by atoms with Crippen molar-refractivity contribution in [1.29, 1.82) is 0 Å². The van der Waals surface area contributed by atoms with Gasteiger partial charge in [0.25, 0.3) is 0 Å². The van der Waals surface area contributed by atoms with Crippen LogP contribution in [0.2, 0.25) is 0 Å². The first-order chi connectivity index (χ1) is 11.4. The lowest BCUT2D eigenvalue weighted by Gasteiger charge is -2.26. The Morgan fingerprint density at radius 2 is 1.78 bits per heavy atom. The highest BCUT2D eigenvalue weighted by atomic mass is 16.5. The van der Waals surface area contributed by atoms with Gasteiger partial charge in [0.05, 0.1) is 13.2 Å². The van der Waals surface area contributed by atoms with Crippen LogP contribution in [-0.4, -0.2) is 60.3 Å². The van der Waals surface area contributed by atoms with E-state index in [0.717, 1.165) is 51.0 Å². The first-order valence-corrected chi connectivity index (χ1v) is 9.03. The lowest BCUT2D eigenvalue weighted by Crippen LogP contribution is -2.39. The molecule has 23 heavy (non-hydrogen) atoms. The molecule has 1 saturated heterocycles. The Bertz CT molecular complexity index is 456. The van der Waals surface area contributed by atoms with Crippen LogP contribution in [0.25, 0.3) is 0 Å². The Balaban J connectivity index is 1.44. The van der Waals surface area contributed by atoms with Crippen LogP contribution in [0.15, 0.2) is 12.4 Å². The molecule has 3 rings (SSSR count). The number of morpholine rings is 1. The van der Waals surface area contributed by atoms with Gasteiger partial charge in [0.1, 0.15) is 18.0 Å². The summed E-state index contributed by atoms with van der Waals surface area (Å²) in [7, 11) is 0. The summed E-state index contributed by atoms with van der Waals surface area (Å²) < 4.78 is 5.37. The van der Waals surface area contributed by atoms with Gasteiger partial charge >= 0.3 is 0 Å². The number of nitrogens with zero attached hydrogens (tertiary/aromatic N) is 3. The van der Waals surface area contributed by atoms with Crippen molar-refractivity contribution in [2.45, 2.75) is 44.6 Å². The Hall–Kier alpha value is -1.40. The van der Waals surface area contributed by atoms with E-state index < -0.39 is 0 Å². The van der Waals surface area contributed by atoms with Gasteiger partial charge in [-0.25, -0.2) is 9.97 Å². The number of ether oxygens (including phenoxy) is 1. The highest BCUT2D eigenvalue weighted by Crippen LogP contribution is 2.20. The number of hydrogen-bond acceptors (Lipinski definition) is 6. The minimum Gasteiger partial charge on any atom is -0.379 e. The molecule has 0 unspecified atom stereocenters. The molecule has 0 aromatic carbocycles. The van der Waals surface area contributed by atoms with E-state index in [1.807, 2.05) is 6.07 Å². The fourth-order valence-electron chi connectivity index (χ4n) is 3.33. The molecule has 2 heterocycles. The van der Waals surface area contributed by atoms with E-state index in [1.165, 1.54) is 38.5 Å². The Morgan fingerprint density at radius 1 is 1.04 bits per heavy atom. The van der Waals surface area contributed by atoms with Gasteiger partial charge in [-0.2, -0.15) is 0 Å². The van der Waals surface area contributed by atoms with E-state index in [1.54, 1.807) is 6.33 Å². The van der Waals surface area contributed by atoms with Crippen molar-refractivity contribution in [2.24, 2.45) is 0 Å². The minimum atomic E-state index is 0.564. The van der Waals surface area contributed by atoms with Crippen molar-refractivity contribution in [3.63, 3.8) is 0 Å². The number of anilines is 2. The van der Waals surface area contributed by atoms with Crippen molar-refractivity contribution in [3.05, 3.63) is 12.4 Å². The summed E-state index contributed by atoms with van der Waals surface area (Å²) in [6, 6.07) is 2.60. The standard InChI is InChI=1S/C17H29N5O/c1-2-4-6-15(5-3-1)21-17-13-16(19-14-20-17)18-7-8-22-9-11-23-12-10-22/h13-15H,1-12H2,(H2,18,19,20,21). The quantitative estimate of drug-likeness (QED) is 0.785. The molecule has 0 atom stereocenters. The van der Waals surface area contributed by atoms with Gasteiger partial charge < -0.3 is 15.4 Å². The molecule has 2 fully saturated rings. The molecule has 6 nitrogen and oxygen atoms in total. The topological polar surface area (TPSA) is 62.3 Å². The normalized spacial score (nSPS) is 20.9.